The Bertz CT molecular complexity index is 1190. The minimum absolute atomic E-state index is 0. The number of phenols is 1. The van der Waals surface area contributed by atoms with Crippen molar-refractivity contribution in [3.63, 3.8) is 0 Å². The molecule has 2 aromatic rings. The molecule has 39 heavy (non-hydrogen) atoms. The van der Waals surface area contributed by atoms with Crippen LogP contribution in [0.4, 0.5) is 4.39 Å². The number of phenolic OH excluding ortho intramolecular Hbond substituents is 1. The number of aryl methyl sites for hydroxylation is 1. The van der Waals surface area contributed by atoms with E-state index in [1.165, 1.54) is 16.2 Å². The summed E-state index contributed by atoms with van der Waals surface area (Å²) in [5.74, 6) is -1.41. The molecule has 1 saturated carbocycles. The number of rotatable bonds is 7. The number of carbonyl (C=O) groups is 3. The fourth-order valence-electron chi connectivity index (χ4n) is 4.45. The second kappa shape index (κ2) is 13.3. The molecule has 4 rings (SSSR count). The number of aromatic hydroxyl groups is 1. The van der Waals surface area contributed by atoms with Crippen molar-refractivity contribution in [2.24, 2.45) is 5.41 Å². The molecule has 0 bridgehead atoms. The van der Waals surface area contributed by atoms with E-state index < -0.39 is 29.1 Å². The monoisotopic (exact) mass is 601 g/mol. The number of hydrogen-bond donors (Lipinski definition) is 3. The molecule has 217 valence electrons. The summed E-state index contributed by atoms with van der Waals surface area (Å²) in [7, 11) is 0. The Labute approximate surface area is 249 Å². The Balaban J connectivity index is 0.00000313. The van der Waals surface area contributed by atoms with Crippen molar-refractivity contribution >= 4 is 29.1 Å². The van der Waals surface area contributed by atoms with E-state index in [9.17, 15) is 23.9 Å². The van der Waals surface area contributed by atoms with Crippen molar-refractivity contribution in [3.05, 3.63) is 35.0 Å². The van der Waals surface area contributed by atoms with Crippen molar-refractivity contribution in [2.75, 3.05) is 6.54 Å². The number of alkyl halides is 1. The Morgan fingerprint density at radius 1 is 1.28 bits per heavy atom. The summed E-state index contributed by atoms with van der Waals surface area (Å²) in [6, 6.07) is 3.65. The largest absolute Gasteiger partial charge is 0.508 e. The van der Waals surface area contributed by atoms with Gasteiger partial charge in [-0.05, 0) is 49.7 Å². The second-order valence-electron chi connectivity index (χ2n) is 10.8. The van der Waals surface area contributed by atoms with Gasteiger partial charge in [-0.2, -0.15) is 0 Å². The van der Waals surface area contributed by atoms with Crippen LogP contribution in [0.15, 0.2) is 23.7 Å². The zero-order chi connectivity index (χ0) is 28.3. The fourth-order valence-corrected chi connectivity index (χ4v) is 5.25. The summed E-state index contributed by atoms with van der Waals surface area (Å²) in [6.07, 6.45) is 1.47. The van der Waals surface area contributed by atoms with E-state index in [-0.39, 0.29) is 58.4 Å². The molecule has 2 aliphatic rings. The van der Waals surface area contributed by atoms with Gasteiger partial charge in [0.25, 0.3) is 5.91 Å². The molecule has 11 heteroatoms. The summed E-state index contributed by atoms with van der Waals surface area (Å²) in [5, 5.41) is 16.0. The summed E-state index contributed by atoms with van der Waals surface area (Å²) >= 11 is 1.49. The van der Waals surface area contributed by atoms with E-state index in [4.69, 9.17) is 0 Å². The molecule has 0 unspecified atom stereocenters. The SMILES string of the molecule is CC.Cc1ncsc1-c1ccc(CNC(=O)[C@@H]2CCCN2C(=O)[C@@H](NC(=O)C2(F)CC2)C(C)(C)C)c(O)c1.[HH].[HH].[V]. The Morgan fingerprint density at radius 3 is 2.49 bits per heavy atom. The summed E-state index contributed by atoms with van der Waals surface area (Å²) in [4.78, 5) is 45.6. The second-order valence-corrected chi connectivity index (χ2v) is 11.6. The number of aromatic nitrogens is 1. The van der Waals surface area contributed by atoms with E-state index in [2.05, 4.69) is 15.6 Å². The maximum Gasteiger partial charge on any atom is 0.258 e. The topological polar surface area (TPSA) is 112 Å². The van der Waals surface area contributed by atoms with Gasteiger partial charge in [0, 0.05) is 40.1 Å². The van der Waals surface area contributed by atoms with Gasteiger partial charge in [0.05, 0.1) is 16.1 Å². The molecule has 3 N–H and O–H groups in total. The van der Waals surface area contributed by atoms with Crippen molar-refractivity contribution in [3.8, 4) is 16.2 Å². The number of hydrogen-bond acceptors (Lipinski definition) is 6. The maximum absolute atomic E-state index is 14.3. The van der Waals surface area contributed by atoms with Gasteiger partial charge in [-0.1, -0.05) is 46.8 Å². The van der Waals surface area contributed by atoms with E-state index in [0.29, 0.717) is 24.9 Å². The zero-order valence-corrected chi connectivity index (χ0v) is 25.7. The molecule has 2 atom stereocenters. The van der Waals surface area contributed by atoms with E-state index >= 15 is 0 Å². The van der Waals surface area contributed by atoms with Gasteiger partial charge in [-0.25, -0.2) is 9.37 Å². The van der Waals surface area contributed by atoms with Gasteiger partial charge in [-0.15, -0.1) is 11.3 Å². The van der Waals surface area contributed by atoms with Gasteiger partial charge in [0.15, 0.2) is 5.67 Å². The third-order valence-corrected chi connectivity index (χ3v) is 7.85. The van der Waals surface area contributed by atoms with E-state index in [0.717, 1.165) is 16.1 Å². The standard InChI is InChI=1S/C26H33FN4O4S.C2H6.V.2H2/c1-15-20(36-14-29-15)16-7-8-17(19(32)12-16)13-28-22(33)18-6-5-11-31(18)23(34)21(25(2,3)4)30-24(35)26(27)9-10-26;1-2;;;/h7-8,12,14,18,21,32H,5-6,9-11,13H2,1-4H3,(H,28,33)(H,30,35);1-2H3;;2*1H/t18-,21+;;;;/m0..../s1. The molecule has 0 spiro atoms. The molecule has 3 amide bonds. The van der Waals surface area contributed by atoms with Gasteiger partial charge < -0.3 is 20.6 Å². The number of halogens is 1. The molecule has 1 aromatic carbocycles. The first-order valence-corrected chi connectivity index (χ1v) is 14.1. The normalized spacial score (nSPS) is 18.2. The molecule has 1 saturated heterocycles. The quantitative estimate of drug-likeness (QED) is 0.415. The van der Waals surface area contributed by atoms with Crippen LogP contribution in [0.25, 0.3) is 10.4 Å². The predicted molar refractivity (Wildman–Crippen MR) is 151 cm³/mol. The minimum Gasteiger partial charge on any atom is -0.508 e. The molecule has 1 aliphatic heterocycles. The third kappa shape index (κ3) is 7.61. The molecule has 1 aliphatic carbocycles. The predicted octanol–water partition coefficient (Wildman–Crippen LogP) is 4.98. The number of nitrogens with zero attached hydrogens (tertiary/aromatic N) is 2. The average Bonchev–Trinajstić information content (AvgIpc) is 3.25. The van der Waals surface area contributed by atoms with Gasteiger partial charge in [-0.3, -0.25) is 14.4 Å². The molecule has 1 aromatic heterocycles. The third-order valence-electron chi connectivity index (χ3n) is 6.87. The smallest absolute Gasteiger partial charge is 0.258 e. The van der Waals surface area contributed by atoms with E-state index in [1.807, 2.05) is 26.8 Å². The molecule has 2 heterocycles. The first-order valence-electron chi connectivity index (χ1n) is 13.2. The van der Waals surface area contributed by atoms with Gasteiger partial charge in [0.1, 0.15) is 17.8 Å². The number of carbonyl (C=O) groups excluding carboxylic acids is 3. The molecular weight excluding hydrogens is 558 g/mol. The first kappa shape index (κ1) is 32.8. The van der Waals surface area contributed by atoms with Crippen LogP contribution in [-0.2, 0) is 39.5 Å². The number of likely N-dealkylation sites (tertiary alicyclic amines) is 1. The number of benzene rings is 1. The first-order chi connectivity index (χ1) is 17.9. The maximum atomic E-state index is 14.3. The van der Waals surface area contributed by atoms with Crippen LogP contribution in [-0.4, -0.2) is 57.0 Å². The molecule has 8 nitrogen and oxygen atoms in total. The Morgan fingerprint density at radius 2 is 1.95 bits per heavy atom. The number of amides is 3. The summed E-state index contributed by atoms with van der Waals surface area (Å²) in [5.41, 5.74) is 1.50. The van der Waals surface area contributed by atoms with Crippen LogP contribution in [0.3, 0.4) is 0 Å². The van der Waals surface area contributed by atoms with Crippen LogP contribution in [0, 0.1) is 12.3 Å². The Hall–Kier alpha value is -2.43. The molecular formula is C28H43FN4O4SV. The number of thiazole rings is 1. The fraction of sp³-hybridized carbons (Fsp3) is 0.571. The van der Waals surface area contributed by atoms with Crippen molar-refractivity contribution in [1.29, 1.82) is 0 Å². The van der Waals surface area contributed by atoms with E-state index in [1.54, 1.807) is 38.4 Å². The average molecular weight is 602 g/mol. The van der Waals surface area contributed by atoms with Crippen molar-refractivity contribution in [1.82, 2.24) is 20.5 Å². The summed E-state index contributed by atoms with van der Waals surface area (Å²) < 4.78 is 14.3. The van der Waals surface area contributed by atoms with Crippen LogP contribution in [0.2, 0.25) is 0 Å². The Kier molecular flexibility index (Phi) is 11.2. The van der Waals surface area contributed by atoms with Gasteiger partial charge in [0.2, 0.25) is 11.8 Å². The van der Waals surface area contributed by atoms with Crippen LogP contribution in [0.1, 0.15) is 74.4 Å². The minimum atomic E-state index is -1.89. The van der Waals surface area contributed by atoms with Crippen molar-refractivity contribution < 1.29 is 45.3 Å². The van der Waals surface area contributed by atoms with Gasteiger partial charge >= 0.3 is 0 Å². The van der Waals surface area contributed by atoms with Crippen molar-refractivity contribution in [2.45, 2.75) is 91.5 Å². The zero-order valence-electron chi connectivity index (χ0n) is 23.5. The van der Waals surface area contributed by atoms with Crippen LogP contribution < -0.4 is 10.6 Å². The van der Waals surface area contributed by atoms with Crippen LogP contribution in [0.5, 0.6) is 5.75 Å². The number of nitrogens with one attached hydrogen (secondary N) is 2. The molecule has 2 fully saturated rings. The van der Waals surface area contributed by atoms with Crippen LogP contribution >= 0.6 is 11.3 Å². The summed E-state index contributed by atoms with van der Waals surface area (Å²) in [6.45, 7) is 11.8. The molecule has 1 radical (unpaired) electrons.